The Kier molecular flexibility index (Phi) is 2.40. The first-order chi connectivity index (χ1) is 7.78. The standard InChI is InChI=1S/C10H17N5O/c1-10(4-5-16-7-10)15-9(12-13-14-15)6-11-8-2-3-8/h8,11H,2-7H2,1H3. The maximum absolute atomic E-state index is 5.44. The Balaban J connectivity index is 1.75. The molecule has 0 radical (unpaired) electrons. The molecule has 6 heteroatoms. The van der Waals surface area contributed by atoms with Gasteiger partial charge in [-0.2, -0.15) is 0 Å². The Morgan fingerprint density at radius 2 is 2.44 bits per heavy atom. The second-order valence-electron chi connectivity index (χ2n) is 4.96. The van der Waals surface area contributed by atoms with Gasteiger partial charge in [-0.25, -0.2) is 4.68 Å². The molecule has 1 N–H and O–H groups in total. The fraction of sp³-hybridized carbons (Fsp3) is 0.900. The highest BCUT2D eigenvalue weighted by Crippen LogP contribution is 2.26. The average Bonchev–Trinajstić information content (AvgIpc) is 2.79. The molecule has 0 amide bonds. The zero-order valence-electron chi connectivity index (χ0n) is 9.52. The summed E-state index contributed by atoms with van der Waals surface area (Å²) >= 11 is 0. The topological polar surface area (TPSA) is 64.9 Å². The summed E-state index contributed by atoms with van der Waals surface area (Å²) in [4.78, 5) is 0. The number of aromatic nitrogens is 4. The van der Waals surface area contributed by atoms with E-state index in [1.165, 1.54) is 12.8 Å². The Morgan fingerprint density at radius 1 is 1.56 bits per heavy atom. The molecule has 0 aromatic carbocycles. The van der Waals surface area contributed by atoms with Crippen LogP contribution in [0.15, 0.2) is 0 Å². The zero-order chi connectivity index (χ0) is 11.0. The summed E-state index contributed by atoms with van der Waals surface area (Å²) in [5.41, 5.74) is -0.0654. The molecule has 2 heterocycles. The van der Waals surface area contributed by atoms with E-state index in [0.29, 0.717) is 12.6 Å². The van der Waals surface area contributed by atoms with Crippen LogP contribution in [-0.4, -0.2) is 39.5 Å². The lowest BCUT2D eigenvalue weighted by Crippen LogP contribution is -2.34. The average molecular weight is 223 g/mol. The van der Waals surface area contributed by atoms with Crippen LogP contribution in [0.5, 0.6) is 0 Å². The van der Waals surface area contributed by atoms with Gasteiger partial charge in [-0.05, 0) is 36.6 Å². The highest BCUT2D eigenvalue weighted by molar-refractivity contribution is 4.94. The minimum atomic E-state index is -0.0654. The Hall–Kier alpha value is -1.01. The van der Waals surface area contributed by atoms with Crippen molar-refractivity contribution in [2.45, 2.75) is 44.3 Å². The van der Waals surface area contributed by atoms with Crippen molar-refractivity contribution in [1.82, 2.24) is 25.5 Å². The van der Waals surface area contributed by atoms with E-state index in [4.69, 9.17) is 4.74 Å². The van der Waals surface area contributed by atoms with E-state index in [9.17, 15) is 0 Å². The van der Waals surface area contributed by atoms with E-state index in [1.54, 1.807) is 0 Å². The second kappa shape index (κ2) is 3.78. The van der Waals surface area contributed by atoms with Crippen LogP contribution < -0.4 is 5.32 Å². The minimum absolute atomic E-state index is 0.0654. The summed E-state index contributed by atoms with van der Waals surface area (Å²) in [6.07, 6.45) is 3.54. The number of tetrazole rings is 1. The molecule has 1 aliphatic heterocycles. The van der Waals surface area contributed by atoms with Gasteiger partial charge < -0.3 is 10.1 Å². The summed E-state index contributed by atoms with van der Waals surface area (Å²) < 4.78 is 7.37. The molecule has 16 heavy (non-hydrogen) atoms. The van der Waals surface area contributed by atoms with Crippen LogP contribution in [0, 0.1) is 0 Å². The number of nitrogens with zero attached hydrogens (tertiary/aromatic N) is 4. The molecule has 0 bridgehead atoms. The van der Waals surface area contributed by atoms with E-state index >= 15 is 0 Å². The summed E-state index contributed by atoms with van der Waals surface area (Å²) in [6.45, 7) is 4.41. The Morgan fingerprint density at radius 3 is 3.12 bits per heavy atom. The van der Waals surface area contributed by atoms with Crippen molar-refractivity contribution >= 4 is 0 Å². The van der Waals surface area contributed by atoms with Gasteiger partial charge in [0, 0.05) is 12.6 Å². The number of hydrogen-bond donors (Lipinski definition) is 1. The van der Waals surface area contributed by atoms with Crippen LogP contribution in [-0.2, 0) is 16.8 Å². The molecule has 1 aromatic heterocycles. The van der Waals surface area contributed by atoms with Gasteiger partial charge in [0.05, 0.1) is 18.7 Å². The van der Waals surface area contributed by atoms with Gasteiger partial charge >= 0.3 is 0 Å². The SMILES string of the molecule is CC1(n2nnnc2CNC2CC2)CCOC1. The van der Waals surface area contributed by atoms with Crippen molar-refractivity contribution in [3.63, 3.8) is 0 Å². The van der Waals surface area contributed by atoms with Gasteiger partial charge in [-0.1, -0.05) is 0 Å². The number of hydrogen-bond acceptors (Lipinski definition) is 5. The van der Waals surface area contributed by atoms with Crippen LogP contribution in [0.3, 0.4) is 0 Å². The van der Waals surface area contributed by atoms with Crippen LogP contribution >= 0.6 is 0 Å². The van der Waals surface area contributed by atoms with Crippen molar-refractivity contribution < 1.29 is 4.74 Å². The molecule has 3 rings (SSSR count). The predicted molar refractivity (Wildman–Crippen MR) is 56.8 cm³/mol. The third-order valence-corrected chi connectivity index (χ3v) is 3.37. The Bertz CT molecular complexity index is 367. The lowest BCUT2D eigenvalue weighted by atomic mass is 10.0. The largest absolute Gasteiger partial charge is 0.379 e. The lowest BCUT2D eigenvalue weighted by Gasteiger charge is -2.22. The van der Waals surface area contributed by atoms with Gasteiger partial charge in [-0.15, -0.1) is 5.10 Å². The fourth-order valence-corrected chi connectivity index (χ4v) is 2.08. The molecule has 1 saturated carbocycles. The third kappa shape index (κ3) is 1.82. The molecular formula is C10H17N5O. The van der Waals surface area contributed by atoms with E-state index in [2.05, 4.69) is 27.8 Å². The molecule has 1 saturated heterocycles. The molecule has 1 aliphatic carbocycles. The summed E-state index contributed by atoms with van der Waals surface area (Å²) in [5, 5.41) is 15.4. The highest BCUT2D eigenvalue weighted by Gasteiger charge is 2.35. The monoisotopic (exact) mass is 223 g/mol. The predicted octanol–water partition coefficient (Wildman–Crippen LogP) is 0.0606. The quantitative estimate of drug-likeness (QED) is 0.782. The zero-order valence-corrected chi connectivity index (χ0v) is 9.52. The molecule has 88 valence electrons. The fourth-order valence-electron chi connectivity index (χ4n) is 2.08. The molecule has 1 aromatic rings. The van der Waals surface area contributed by atoms with E-state index in [-0.39, 0.29) is 5.54 Å². The van der Waals surface area contributed by atoms with E-state index < -0.39 is 0 Å². The molecule has 2 fully saturated rings. The van der Waals surface area contributed by atoms with Crippen molar-refractivity contribution in [2.75, 3.05) is 13.2 Å². The second-order valence-corrected chi connectivity index (χ2v) is 4.96. The summed E-state index contributed by atoms with van der Waals surface area (Å²) in [6, 6.07) is 0.679. The van der Waals surface area contributed by atoms with Crippen LogP contribution in [0.25, 0.3) is 0 Å². The van der Waals surface area contributed by atoms with Crippen LogP contribution in [0.1, 0.15) is 32.0 Å². The number of nitrogens with one attached hydrogen (secondary N) is 1. The lowest BCUT2D eigenvalue weighted by molar-refractivity contribution is 0.152. The van der Waals surface area contributed by atoms with Crippen molar-refractivity contribution in [3.05, 3.63) is 5.82 Å². The van der Waals surface area contributed by atoms with Crippen LogP contribution in [0.4, 0.5) is 0 Å². The first-order valence-electron chi connectivity index (χ1n) is 5.87. The highest BCUT2D eigenvalue weighted by atomic mass is 16.5. The minimum Gasteiger partial charge on any atom is -0.379 e. The molecule has 1 unspecified atom stereocenters. The van der Waals surface area contributed by atoms with E-state index in [0.717, 1.165) is 25.4 Å². The van der Waals surface area contributed by atoms with Gasteiger partial charge in [0.2, 0.25) is 0 Å². The first kappa shape index (κ1) is 10.2. The summed E-state index contributed by atoms with van der Waals surface area (Å²) in [5.74, 6) is 0.917. The smallest absolute Gasteiger partial charge is 0.165 e. The van der Waals surface area contributed by atoms with Gasteiger partial charge in [-0.3, -0.25) is 0 Å². The molecule has 2 aliphatic rings. The third-order valence-electron chi connectivity index (χ3n) is 3.37. The summed E-state index contributed by atoms with van der Waals surface area (Å²) in [7, 11) is 0. The Labute approximate surface area is 94.4 Å². The van der Waals surface area contributed by atoms with Crippen LogP contribution in [0.2, 0.25) is 0 Å². The van der Waals surface area contributed by atoms with Crippen molar-refractivity contribution in [3.8, 4) is 0 Å². The molecule has 0 spiro atoms. The molecule has 1 atom stereocenters. The number of rotatable bonds is 4. The first-order valence-corrected chi connectivity index (χ1v) is 5.87. The van der Waals surface area contributed by atoms with Gasteiger partial charge in [0.25, 0.3) is 0 Å². The van der Waals surface area contributed by atoms with E-state index in [1.807, 2.05) is 4.68 Å². The van der Waals surface area contributed by atoms with Crippen molar-refractivity contribution in [1.29, 1.82) is 0 Å². The van der Waals surface area contributed by atoms with Gasteiger partial charge in [0.1, 0.15) is 0 Å². The van der Waals surface area contributed by atoms with Gasteiger partial charge in [0.15, 0.2) is 5.82 Å². The molecular weight excluding hydrogens is 206 g/mol. The normalized spacial score (nSPS) is 29.8. The maximum Gasteiger partial charge on any atom is 0.165 e. The molecule has 6 nitrogen and oxygen atoms in total. The maximum atomic E-state index is 5.44. The van der Waals surface area contributed by atoms with Crippen molar-refractivity contribution in [2.24, 2.45) is 0 Å². The number of ether oxygens (including phenoxy) is 1.